The quantitative estimate of drug-likeness (QED) is 0.701. The summed E-state index contributed by atoms with van der Waals surface area (Å²) in [6.07, 6.45) is 1.54. The van der Waals surface area contributed by atoms with Crippen LogP contribution < -0.4 is 0 Å². The lowest BCUT2D eigenvalue weighted by Gasteiger charge is -2.07. The van der Waals surface area contributed by atoms with Gasteiger partial charge < -0.3 is 4.74 Å². The fourth-order valence-corrected chi connectivity index (χ4v) is 2.12. The van der Waals surface area contributed by atoms with Crippen LogP contribution in [0.3, 0.4) is 0 Å². The SMILES string of the molecule is COC(C)CCC(=O)c1sccc1C. The summed E-state index contributed by atoms with van der Waals surface area (Å²) in [5.41, 5.74) is 1.09. The van der Waals surface area contributed by atoms with Crippen molar-refractivity contribution in [1.29, 1.82) is 0 Å². The zero-order chi connectivity index (χ0) is 10.6. The molecule has 2 nitrogen and oxygen atoms in total. The molecule has 1 unspecified atom stereocenters. The van der Waals surface area contributed by atoms with Crippen molar-refractivity contribution in [3.63, 3.8) is 0 Å². The average Bonchev–Trinajstić information content (AvgIpc) is 2.60. The Balaban J connectivity index is 2.47. The monoisotopic (exact) mass is 212 g/mol. The second kappa shape index (κ2) is 5.27. The molecular formula is C11H16O2S. The summed E-state index contributed by atoms with van der Waals surface area (Å²) < 4.78 is 5.10. The van der Waals surface area contributed by atoms with Gasteiger partial charge in [-0.3, -0.25) is 4.79 Å². The lowest BCUT2D eigenvalue weighted by Crippen LogP contribution is -2.08. The first-order valence-electron chi connectivity index (χ1n) is 4.75. The maximum Gasteiger partial charge on any atom is 0.173 e. The van der Waals surface area contributed by atoms with Crippen molar-refractivity contribution in [2.24, 2.45) is 0 Å². The Morgan fingerprint density at radius 3 is 2.86 bits per heavy atom. The van der Waals surface area contributed by atoms with E-state index in [9.17, 15) is 4.79 Å². The number of carbonyl (C=O) groups is 1. The summed E-state index contributed by atoms with van der Waals surface area (Å²) in [4.78, 5) is 12.6. The van der Waals surface area contributed by atoms with E-state index < -0.39 is 0 Å². The maximum absolute atomic E-state index is 11.7. The van der Waals surface area contributed by atoms with Crippen LogP contribution in [0, 0.1) is 6.92 Å². The highest BCUT2D eigenvalue weighted by atomic mass is 32.1. The molecule has 14 heavy (non-hydrogen) atoms. The molecule has 1 aromatic heterocycles. The zero-order valence-corrected chi connectivity index (χ0v) is 9.69. The number of thiophene rings is 1. The molecule has 0 aliphatic heterocycles. The number of ketones is 1. The van der Waals surface area contributed by atoms with Crippen LogP contribution in [0.2, 0.25) is 0 Å². The van der Waals surface area contributed by atoms with Crippen molar-refractivity contribution >= 4 is 17.1 Å². The third kappa shape index (κ3) is 2.93. The minimum absolute atomic E-state index is 0.166. The minimum atomic E-state index is 0.166. The van der Waals surface area contributed by atoms with Crippen LogP contribution in [0.15, 0.2) is 11.4 Å². The Kier molecular flexibility index (Phi) is 4.29. The van der Waals surface area contributed by atoms with Crippen molar-refractivity contribution in [2.75, 3.05) is 7.11 Å². The fourth-order valence-electron chi connectivity index (χ4n) is 1.22. The van der Waals surface area contributed by atoms with E-state index in [0.29, 0.717) is 6.42 Å². The fraction of sp³-hybridized carbons (Fsp3) is 0.545. The molecule has 1 aromatic rings. The lowest BCUT2D eigenvalue weighted by atomic mass is 10.1. The number of ether oxygens (including phenoxy) is 1. The molecule has 3 heteroatoms. The number of hydrogen-bond acceptors (Lipinski definition) is 3. The van der Waals surface area contributed by atoms with Gasteiger partial charge in [0, 0.05) is 13.5 Å². The summed E-state index contributed by atoms with van der Waals surface area (Å²) in [6, 6.07) is 1.98. The number of carbonyl (C=O) groups excluding carboxylic acids is 1. The van der Waals surface area contributed by atoms with Gasteiger partial charge in [0.2, 0.25) is 0 Å². The minimum Gasteiger partial charge on any atom is -0.382 e. The third-order valence-electron chi connectivity index (χ3n) is 2.30. The number of hydrogen-bond donors (Lipinski definition) is 0. The van der Waals surface area contributed by atoms with E-state index in [1.54, 1.807) is 7.11 Å². The Morgan fingerprint density at radius 2 is 2.36 bits per heavy atom. The second-order valence-corrected chi connectivity index (χ2v) is 4.36. The normalized spacial score (nSPS) is 12.8. The molecule has 0 amide bonds. The van der Waals surface area contributed by atoms with Gasteiger partial charge in [0.05, 0.1) is 11.0 Å². The van der Waals surface area contributed by atoms with Gasteiger partial charge in [0.25, 0.3) is 0 Å². The summed E-state index contributed by atoms with van der Waals surface area (Å²) in [5.74, 6) is 0.237. The standard InChI is InChI=1S/C11H16O2S/c1-8-6-7-14-11(8)10(12)5-4-9(2)13-3/h6-7,9H,4-5H2,1-3H3. The average molecular weight is 212 g/mol. The number of methoxy groups -OCH3 is 1. The third-order valence-corrected chi connectivity index (χ3v) is 3.35. The summed E-state index contributed by atoms with van der Waals surface area (Å²) >= 11 is 1.53. The highest BCUT2D eigenvalue weighted by Crippen LogP contribution is 2.18. The van der Waals surface area contributed by atoms with Gasteiger partial charge in [-0.25, -0.2) is 0 Å². The first-order valence-corrected chi connectivity index (χ1v) is 5.63. The summed E-state index contributed by atoms with van der Waals surface area (Å²) in [7, 11) is 1.67. The van der Waals surface area contributed by atoms with Crippen LogP contribution in [-0.2, 0) is 4.74 Å². The van der Waals surface area contributed by atoms with Crippen LogP contribution in [0.1, 0.15) is 35.0 Å². The predicted octanol–water partition coefficient (Wildman–Crippen LogP) is 3.05. The van der Waals surface area contributed by atoms with Gasteiger partial charge >= 0.3 is 0 Å². The van der Waals surface area contributed by atoms with Crippen LogP contribution in [-0.4, -0.2) is 19.0 Å². The maximum atomic E-state index is 11.7. The van der Waals surface area contributed by atoms with E-state index in [0.717, 1.165) is 16.9 Å². The molecule has 1 rings (SSSR count). The Bertz CT molecular complexity index is 304. The molecule has 0 spiro atoms. The lowest BCUT2D eigenvalue weighted by molar-refractivity contribution is 0.0880. The number of rotatable bonds is 5. The number of aryl methyl sites for hydroxylation is 1. The van der Waals surface area contributed by atoms with Crippen LogP contribution in [0.5, 0.6) is 0 Å². The zero-order valence-electron chi connectivity index (χ0n) is 8.87. The van der Waals surface area contributed by atoms with E-state index in [2.05, 4.69) is 0 Å². The van der Waals surface area contributed by atoms with Crippen molar-refractivity contribution in [3.05, 3.63) is 21.9 Å². The molecule has 0 saturated heterocycles. The van der Waals surface area contributed by atoms with E-state index >= 15 is 0 Å². The van der Waals surface area contributed by atoms with Crippen LogP contribution >= 0.6 is 11.3 Å². The molecule has 0 radical (unpaired) electrons. The Hall–Kier alpha value is -0.670. The van der Waals surface area contributed by atoms with Crippen LogP contribution in [0.25, 0.3) is 0 Å². The Labute approximate surface area is 88.9 Å². The molecule has 0 aliphatic rings. The van der Waals surface area contributed by atoms with Gasteiger partial charge in [-0.15, -0.1) is 11.3 Å². The molecule has 0 N–H and O–H groups in total. The largest absolute Gasteiger partial charge is 0.382 e. The van der Waals surface area contributed by atoms with Crippen molar-refractivity contribution in [1.82, 2.24) is 0 Å². The van der Waals surface area contributed by atoms with E-state index in [-0.39, 0.29) is 11.9 Å². The molecule has 0 bridgehead atoms. The molecule has 1 atom stereocenters. The molecule has 0 saturated carbocycles. The second-order valence-electron chi connectivity index (χ2n) is 3.44. The smallest absolute Gasteiger partial charge is 0.173 e. The Morgan fingerprint density at radius 1 is 1.64 bits per heavy atom. The van der Waals surface area contributed by atoms with Crippen LogP contribution in [0.4, 0.5) is 0 Å². The van der Waals surface area contributed by atoms with Crippen molar-refractivity contribution < 1.29 is 9.53 Å². The molecule has 0 aliphatic carbocycles. The van der Waals surface area contributed by atoms with Gasteiger partial charge in [-0.2, -0.15) is 0 Å². The molecular weight excluding hydrogens is 196 g/mol. The summed E-state index contributed by atoms with van der Waals surface area (Å²) in [6.45, 7) is 3.96. The highest BCUT2D eigenvalue weighted by Gasteiger charge is 2.11. The van der Waals surface area contributed by atoms with Gasteiger partial charge in [0.15, 0.2) is 5.78 Å². The molecule has 1 heterocycles. The predicted molar refractivity (Wildman–Crippen MR) is 59.1 cm³/mol. The molecule has 0 fully saturated rings. The summed E-state index contributed by atoms with van der Waals surface area (Å²) in [5, 5.41) is 1.96. The number of Topliss-reactive ketones (excluding diaryl/α,β-unsaturated/α-hetero) is 1. The van der Waals surface area contributed by atoms with Gasteiger partial charge in [-0.1, -0.05) is 0 Å². The van der Waals surface area contributed by atoms with Gasteiger partial charge in [0.1, 0.15) is 0 Å². The molecule has 78 valence electrons. The van der Waals surface area contributed by atoms with Gasteiger partial charge in [-0.05, 0) is 37.3 Å². The highest BCUT2D eigenvalue weighted by molar-refractivity contribution is 7.12. The van der Waals surface area contributed by atoms with Crippen molar-refractivity contribution in [2.45, 2.75) is 32.8 Å². The first-order chi connectivity index (χ1) is 6.65. The molecule has 0 aromatic carbocycles. The van der Waals surface area contributed by atoms with Crippen molar-refractivity contribution in [3.8, 4) is 0 Å². The topological polar surface area (TPSA) is 26.3 Å². The van der Waals surface area contributed by atoms with E-state index in [1.807, 2.05) is 25.3 Å². The first kappa shape index (κ1) is 11.4. The van der Waals surface area contributed by atoms with E-state index in [4.69, 9.17) is 4.74 Å². The van der Waals surface area contributed by atoms with E-state index in [1.165, 1.54) is 11.3 Å².